The van der Waals surface area contributed by atoms with E-state index in [0.717, 1.165) is 84.9 Å². The first-order valence-electron chi connectivity index (χ1n) is 16.4. The predicted molar refractivity (Wildman–Crippen MR) is 151 cm³/mol. The number of esters is 2. The van der Waals surface area contributed by atoms with Gasteiger partial charge < -0.3 is 9.47 Å². The molecule has 8 aliphatic carbocycles. The molecule has 0 N–H and O–H groups in total. The Balaban J connectivity index is 0.000000135. The molecule has 8 fully saturated rings. The molecular formula is C35H50O4. The van der Waals surface area contributed by atoms with E-state index in [-0.39, 0.29) is 23.1 Å². The number of carbonyl (C=O) groups excluding carboxylic acids is 2. The van der Waals surface area contributed by atoms with Gasteiger partial charge in [-0.05, 0) is 144 Å². The van der Waals surface area contributed by atoms with Gasteiger partial charge >= 0.3 is 11.9 Å². The van der Waals surface area contributed by atoms with Crippen molar-refractivity contribution in [2.45, 2.75) is 110 Å². The van der Waals surface area contributed by atoms with Crippen molar-refractivity contribution in [2.24, 2.45) is 71.0 Å². The normalized spacial score (nSPS) is 52.0. The van der Waals surface area contributed by atoms with E-state index in [1.807, 2.05) is 0 Å². The highest BCUT2D eigenvalue weighted by Crippen LogP contribution is 2.76. The lowest BCUT2D eigenvalue weighted by Crippen LogP contribution is -2.51. The van der Waals surface area contributed by atoms with Crippen molar-refractivity contribution in [3.8, 4) is 0 Å². The number of fused-ring (bicyclic) bond motifs is 17. The van der Waals surface area contributed by atoms with E-state index in [2.05, 4.69) is 27.0 Å². The molecule has 14 unspecified atom stereocenters. The van der Waals surface area contributed by atoms with E-state index in [4.69, 9.17) is 9.47 Å². The van der Waals surface area contributed by atoms with Crippen LogP contribution in [-0.4, -0.2) is 23.1 Å². The molecule has 0 aromatic rings. The minimum absolute atomic E-state index is 0.151. The number of ether oxygens (including phenoxy) is 2. The van der Waals surface area contributed by atoms with Gasteiger partial charge in [0, 0.05) is 23.0 Å². The Morgan fingerprint density at radius 2 is 1.13 bits per heavy atom. The van der Waals surface area contributed by atoms with E-state index >= 15 is 0 Å². The van der Waals surface area contributed by atoms with Crippen LogP contribution < -0.4 is 0 Å². The lowest BCUT2D eigenvalue weighted by atomic mass is 9.54. The predicted octanol–water partition coefficient (Wildman–Crippen LogP) is 7.52. The first-order valence-corrected chi connectivity index (χ1v) is 16.4. The number of carbonyl (C=O) groups is 2. The molecule has 0 saturated heterocycles. The van der Waals surface area contributed by atoms with Crippen molar-refractivity contribution in [3.63, 3.8) is 0 Å². The number of hydrogen-bond acceptors (Lipinski definition) is 4. The monoisotopic (exact) mass is 534 g/mol. The molecule has 0 radical (unpaired) electrons. The van der Waals surface area contributed by atoms with Gasteiger partial charge in [-0.3, -0.25) is 0 Å². The van der Waals surface area contributed by atoms with Gasteiger partial charge in [0.15, 0.2) is 0 Å². The minimum atomic E-state index is -0.185. The molecular weight excluding hydrogens is 484 g/mol. The molecule has 4 heteroatoms. The minimum Gasteiger partial charge on any atom is -0.455 e. The highest BCUT2D eigenvalue weighted by molar-refractivity contribution is 5.87. The third-order valence-corrected chi connectivity index (χ3v) is 14.1. The van der Waals surface area contributed by atoms with Gasteiger partial charge in [0.05, 0.1) is 0 Å². The molecule has 8 aliphatic rings. The van der Waals surface area contributed by atoms with Crippen molar-refractivity contribution >= 4 is 11.9 Å². The molecule has 0 aromatic carbocycles. The van der Waals surface area contributed by atoms with Crippen LogP contribution >= 0.6 is 0 Å². The first kappa shape index (κ1) is 26.3. The second-order valence-corrected chi connectivity index (χ2v) is 15.3. The molecule has 14 atom stereocenters. The van der Waals surface area contributed by atoms with Crippen LogP contribution in [0.5, 0.6) is 0 Å². The van der Waals surface area contributed by atoms with Crippen molar-refractivity contribution < 1.29 is 19.1 Å². The Morgan fingerprint density at radius 1 is 0.641 bits per heavy atom. The van der Waals surface area contributed by atoms with Crippen molar-refractivity contribution in [2.75, 3.05) is 0 Å². The van der Waals surface area contributed by atoms with E-state index < -0.39 is 0 Å². The third-order valence-electron chi connectivity index (χ3n) is 14.1. The highest BCUT2D eigenvalue weighted by atomic mass is 16.6. The Morgan fingerprint density at radius 3 is 1.62 bits per heavy atom. The van der Waals surface area contributed by atoms with Crippen LogP contribution in [0, 0.1) is 71.0 Å². The zero-order valence-corrected chi connectivity index (χ0v) is 24.8. The Hall–Kier alpha value is -1.58. The molecule has 214 valence electrons. The van der Waals surface area contributed by atoms with Crippen LogP contribution in [0.4, 0.5) is 0 Å². The van der Waals surface area contributed by atoms with E-state index in [0.29, 0.717) is 23.0 Å². The molecule has 0 amide bonds. The summed E-state index contributed by atoms with van der Waals surface area (Å²) >= 11 is 0. The molecule has 0 aliphatic heterocycles. The van der Waals surface area contributed by atoms with Gasteiger partial charge in [-0.2, -0.15) is 0 Å². The number of hydrogen-bond donors (Lipinski definition) is 0. The van der Waals surface area contributed by atoms with Gasteiger partial charge in [-0.25, -0.2) is 9.59 Å². The summed E-state index contributed by atoms with van der Waals surface area (Å²) in [7, 11) is 0. The largest absolute Gasteiger partial charge is 0.455 e. The maximum absolute atomic E-state index is 12.2. The van der Waals surface area contributed by atoms with Crippen LogP contribution in [0.15, 0.2) is 24.3 Å². The number of rotatable bonds is 6. The summed E-state index contributed by atoms with van der Waals surface area (Å²) in [6.45, 7) is 15.4. The quantitative estimate of drug-likeness (QED) is 0.201. The van der Waals surface area contributed by atoms with E-state index in [1.165, 1.54) is 44.9 Å². The molecule has 6 bridgehead atoms. The van der Waals surface area contributed by atoms with Gasteiger partial charge in [-0.15, -0.1) is 0 Å². The molecule has 8 saturated carbocycles. The average Bonchev–Trinajstić information content (AvgIpc) is 3.65. The Kier molecular flexibility index (Phi) is 6.05. The van der Waals surface area contributed by atoms with Crippen LogP contribution in [0.25, 0.3) is 0 Å². The van der Waals surface area contributed by atoms with Crippen LogP contribution in [-0.2, 0) is 19.1 Å². The molecule has 0 heterocycles. The fourth-order valence-electron chi connectivity index (χ4n) is 12.5. The molecule has 39 heavy (non-hydrogen) atoms. The molecule has 0 spiro atoms. The zero-order chi connectivity index (χ0) is 27.4. The summed E-state index contributed by atoms with van der Waals surface area (Å²) in [5.74, 6) is 10.4. The van der Waals surface area contributed by atoms with Gasteiger partial charge in [0.1, 0.15) is 11.2 Å². The lowest BCUT2D eigenvalue weighted by molar-refractivity contribution is -0.171. The van der Waals surface area contributed by atoms with Crippen molar-refractivity contribution in [1.82, 2.24) is 0 Å². The SMILES string of the molecule is C=C(C)C(=O)OC1(CC)CC2CC1C1C3CC(C4CCC43)C21.C=C(C)C(=O)OC1(CC)CC2CC1C1CCC21. The lowest BCUT2D eigenvalue weighted by Gasteiger charge is -2.52. The van der Waals surface area contributed by atoms with E-state index in [9.17, 15) is 9.59 Å². The molecule has 0 aromatic heterocycles. The zero-order valence-electron chi connectivity index (χ0n) is 24.8. The fraction of sp³-hybridized carbons (Fsp3) is 0.829. The highest BCUT2D eigenvalue weighted by Gasteiger charge is 2.72. The van der Waals surface area contributed by atoms with Crippen molar-refractivity contribution in [1.29, 1.82) is 0 Å². The topological polar surface area (TPSA) is 52.6 Å². The van der Waals surface area contributed by atoms with Gasteiger partial charge in [0.25, 0.3) is 0 Å². The van der Waals surface area contributed by atoms with E-state index in [1.54, 1.807) is 13.8 Å². The summed E-state index contributed by atoms with van der Waals surface area (Å²) in [6, 6.07) is 0. The Labute approximate surface area is 235 Å². The standard InChI is InChI=1S/C20H28O2.C15H22O2/c1-4-20(22-19(21)10(2)3)9-11-7-16(20)18-15-8-14(17(11)18)12-5-6-13(12)15;1-4-15(17-14(16)9(2)3)8-10-7-13(15)12-6-5-11(10)12/h11-18H,2,4-9H2,1,3H3;10-13H,2,4-8H2,1,3H3. The maximum Gasteiger partial charge on any atom is 0.333 e. The summed E-state index contributed by atoms with van der Waals surface area (Å²) in [6.07, 6.45) is 14.1. The second-order valence-electron chi connectivity index (χ2n) is 15.3. The smallest absolute Gasteiger partial charge is 0.333 e. The van der Waals surface area contributed by atoms with Crippen molar-refractivity contribution in [3.05, 3.63) is 24.3 Å². The van der Waals surface area contributed by atoms with Crippen LogP contribution in [0.3, 0.4) is 0 Å². The van der Waals surface area contributed by atoms with Crippen LogP contribution in [0.1, 0.15) is 98.3 Å². The molecule has 8 rings (SSSR count). The Bertz CT molecular complexity index is 1090. The maximum atomic E-state index is 12.2. The van der Waals surface area contributed by atoms with Crippen LogP contribution in [0.2, 0.25) is 0 Å². The summed E-state index contributed by atoms with van der Waals surface area (Å²) in [5.41, 5.74) is 0.776. The average molecular weight is 535 g/mol. The third kappa shape index (κ3) is 3.54. The first-order chi connectivity index (χ1) is 18.6. The fourth-order valence-corrected chi connectivity index (χ4v) is 12.5. The summed E-state index contributed by atoms with van der Waals surface area (Å²) in [5, 5.41) is 0. The second kappa shape index (κ2) is 8.96. The van der Waals surface area contributed by atoms with Gasteiger partial charge in [-0.1, -0.05) is 27.0 Å². The summed E-state index contributed by atoms with van der Waals surface area (Å²) < 4.78 is 12.0. The summed E-state index contributed by atoms with van der Waals surface area (Å²) in [4.78, 5) is 24.0. The molecule has 4 nitrogen and oxygen atoms in total. The van der Waals surface area contributed by atoms with Gasteiger partial charge in [0.2, 0.25) is 0 Å².